The largest absolute Gasteiger partial charge is 0.573 e. The van der Waals surface area contributed by atoms with Crippen LogP contribution in [0.1, 0.15) is 13.8 Å². The Morgan fingerprint density at radius 1 is 0.944 bits per heavy atom. The fraction of sp³-hybridized carbons (Fsp3) is 0.259. The van der Waals surface area contributed by atoms with Gasteiger partial charge in [0.05, 0.1) is 24.1 Å². The Morgan fingerprint density at radius 2 is 1.67 bits per heavy atom. The molecule has 6 nitrogen and oxygen atoms in total. The quantitative estimate of drug-likeness (QED) is 0.371. The van der Waals surface area contributed by atoms with E-state index in [1.165, 1.54) is 28.8 Å². The number of rotatable bonds is 4. The SMILES string of the molecule is C[C@@H]1CN(c2ccc(-n3ccc4c(-c5ccc(OC(F)(F)F)cc5)cccc4c3=O)cn2)C[C@H](C)O1. The zero-order valence-electron chi connectivity index (χ0n) is 19.7. The lowest BCUT2D eigenvalue weighted by molar-refractivity contribution is -0.274. The molecule has 0 N–H and O–H groups in total. The van der Waals surface area contributed by atoms with E-state index < -0.39 is 6.36 Å². The third kappa shape index (κ3) is 4.92. The van der Waals surface area contributed by atoms with E-state index in [1.54, 1.807) is 24.5 Å². The number of hydrogen-bond donors (Lipinski definition) is 0. The zero-order valence-corrected chi connectivity index (χ0v) is 19.7. The van der Waals surface area contributed by atoms with Gasteiger partial charge in [-0.2, -0.15) is 0 Å². The van der Waals surface area contributed by atoms with Crippen LogP contribution in [0.5, 0.6) is 5.75 Å². The molecule has 1 fully saturated rings. The maximum Gasteiger partial charge on any atom is 0.573 e. The predicted octanol–water partition coefficient (Wildman–Crippen LogP) is 5.56. The van der Waals surface area contributed by atoms with Gasteiger partial charge in [-0.1, -0.05) is 24.3 Å². The average Bonchev–Trinajstić information content (AvgIpc) is 2.83. The average molecular weight is 496 g/mol. The fourth-order valence-corrected chi connectivity index (χ4v) is 4.64. The van der Waals surface area contributed by atoms with Gasteiger partial charge in [0, 0.05) is 24.7 Å². The lowest BCUT2D eigenvalue weighted by Crippen LogP contribution is -2.45. The van der Waals surface area contributed by atoms with Crippen molar-refractivity contribution in [2.24, 2.45) is 0 Å². The first-order valence-electron chi connectivity index (χ1n) is 11.6. The normalized spacial score (nSPS) is 18.4. The lowest BCUT2D eigenvalue weighted by atomic mass is 9.99. The van der Waals surface area contributed by atoms with Crippen LogP contribution in [0.25, 0.3) is 27.6 Å². The van der Waals surface area contributed by atoms with Crippen LogP contribution >= 0.6 is 0 Å². The summed E-state index contributed by atoms with van der Waals surface area (Å²) in [7, 11) is 0. The maximum atomic E-state index is 13.4. The summed E-state index contributed by atoms with van der Waals surface area (Å²) in [5.41, 5.74) is 1.83. The van der Waals surface area contributed by atoms with E-state index >= 15 is 0 Å². The number of fused-ring (bicyclic) bond motifs is 1. The molecule has 186 valence electrons. The van der Waals surface area contributed by atoms with Gasteiger partial charge in [-0.05, 0) is 66.8 Å². The van der Waals surface area contributed by atoms with Crippen molar-refractivity contribution in [3.8, 4) is 22.6 Å². The third-order valence-electron chi connectivity index (χ3n) is 6.10. The van der Waals surface area contributed by atoms with Crippen molar-refractivity contribution in [2.45, 2.75) is 32.4 Å². The molecule has 9 heteroatoms. The monoisotopic (exact) mass is 495 g/mol. The van der Waals surface area contributed by atoms with Crippen LogP contribution < -0.4 is 15.2 Å². The molecule has 0 saturated carbocycles. The number of pyridine rings is 2. The fourth-order valence-electron chi connectivity index (χ4n) is 4.64. The first-order valence-corrected chi connectivity index (χ1v) is 11.6. The minimum absolute atomic E-state index is 0.112. The molecule has 0 aliphatic carbocycles. The molecule has 0 spiro atoms. The molecule has 1 aliphatic heterocycles. The standard InChI is InChI=1S/C27H24F3N3O3/c1-17-15-32(16-18(2)35-17)25-11-8-20(14-31-25)33-13-12-23-22(4-3-5-24(23)26(33)34)19-6-9-21(10-7-19)36-27(28,29)30/h3-14,17-18H,15-16H2,1-2H3/t17-,18+. The third-order valence-corrected chi connectivity index (χ3v) is 6.10. The molecule has 0 unspecified atom stereocenters. The molecular formula is C27H24F3N3O3. The molecule has 0 amide bonds. The van der Waals surface area contributed by atoms with E-state index in [-0.39, 0.29) is 23.5 Å². The van der Waals surface area contributed by atoms with E-state index in [2.05, 4.69) is 14.6 Å². The molecule has 2 aromatic heterocycles. The van der Waals surface area contributed by atoms with E-state index in [4.69, 9.17) is 4.74 Å². The highest BCUT2D eigenvalue weighted by Crippen LogP contribution is 2.30. The highest BCUT2D eigenvalue weighted by molar-refractivity contribution is 5.96. The first kappa shape index (κ1) is 23.9. The van der Waals surface area contributed by atoms with Crippen LogP contribution in [-0.4, -0.2) is 41.2 Å². The maximum absolute atomic E-state index is 13.4. The second kappa shape index (κ2) is 9.31. The van der Waals surface area contributed by atoms with Crippen molar-refractivity contribution in [1.29, 1.82) is 0 Å². The Hall–Kier alpha value is -3.85. The van der Waals surface area contributed by atoms with E-state index in [0.29, 0.717) is 22.0 Å². The molecule has 5 rings (SSSR count). The van der Waals surface area contributed by atoms with Gasteiger partial charge < -0.3 is 14.4 Å². The molecule has 2 aromatic carbocycles. The van der Waals surface area contributed by atoms with Crippen molar-refractivity contribution in [3.05, 3.63) is 83.4 Å². The van der Waals surface area contributed by atoms with Crippen molar-refractivity contribution >= 4 is 16.6 Å². The number of benzene rings is 2. The molecule has 0 bridgehead atoms. The molecule has 4 aromatic rings. The van der Waals surface area contributed by atoms with Gasteiger partial charge in [0.2, 0.25) is 0 Å². The van der Waals surface area contributed by atoms with Gasteiger partial charge in [-0.25, -0.2) is 4.98 Å². The van der Waals surface area contributed by atoms with Crippen LogP contribution in [-0.2, 0) is 4.74 Å². The minimum atomic E-state index is -4.75. The van der Waals surface area contributed by atoms with Gasteiger partial charge in [0.15, 0.2) is 0 Å². The molecule has 3 heterocycles. The predicted molar refractivity (Wildman–Crippen MR) is 132 cm³/mol. The highest BCUT2D eigenvalue weighted by atomic mass is 19.4. The number of ether oxygens (including phenoxy) is 2. The molecule has 1 aliphatic rings. The van der Waals surface area contributed by atoms with Crippen molar-refractivity contribution in [1.82, 2.24) is 9.55 Å². The summed E-state index contributed by atoms with van der Waals surface area (Å²) in [6.45, 7) is 5.56. The molecule has 0 radical (unpaired) electrons. The molecular weight excluding hydrogens is 471 g/mol. The van der Waals surface area contributed by atoms with Crippen LogP contribution in [0.3, 0.4) is 0 Å². The number of halogens is 3. The number of hydrogen-bond acceptors (Lipinski definition) is 5. The Kier molecular flexibility index (Phi) is 6.17. The summed E-state index contributed by atoms with van der Waals surface area (Å²) < 4.78 is 48.7. The van der Waals surface area contributed by atoms with Crippen molar-refractivity contribution < 1.29 is 22.6 Å². The molecule has 2 atom stereocenters. The number of alkyl halides is 3. The minimum Gasteiger partial charge on any atom is -0.406 e. The van der Waals surface area contributed by atoms with E-state index in [9.17, 15) is 18.0 Å². The van der Waals surface area contributed by atoms with E-state index in [1.807, 2.05) is 38.1 Å². The molecule has 36 heavy (non-hydrogen) atoms. The van der Waals surface area contributed by atoms with Crippen molar-refractivity contribution in [2.75, 3.05) is 18.0 Å². The zero-order chi connectivity index (χ0) is 25.4. The van der Waals surface area contributed by atoms with Crippen LogP contribution in [0.2, 0.25) is 0 Å². The summed E-state index contributed by atoms with van der Waals surface area (Å²) in [6, 6.07) is 16.5. The van der Waals surface area contributed by atoms with Crippen LogP contribution in [0.4, 0.5) is 19.0 Å². The van der Waals surface area contributed by atoms with Gasteiger partial charge >= 0.3 is 6.36 Å². The number of anilines is 1. The summed E-state index contributed by atoms with van der Waals surface area (Å²) >= 11 is 0. The van der Waals surface area contributed by atoms with Crippen LogP contribution in [0.15, 0.2) is 77.9 Å². The smallest absolute Gasteiger partial charge is 0.406 e. The van der Waals surface area contributed by atoms with Crippen LogP contribution in [0, 0.1) is 0 Å². The number of morpholine rings is 1. The number of nitrogens with zero attached hydrogens (tertiary/aromatic N) is 3. The highest BCUT2D eigenvalue weighted by Gasteiger charge is 2.31. The van der Waals surface area contributed by atoms with Crippen molar-refractivity contribution in [3.63, 3.8) is 0 Å². The Morgan fingerprint density at radius 3 is 2.31 bits per heavy atom. The summed E-state index contributed by atoms with van der Waals surface area (Å²) in [6.07, 6.45) is -1.17. The Labute approximate surface area is 205 Å². The van der Waals surface area contributed by atoms with Gasteiger partial charge in [0.25, 0.3) is 5.56 Å². The second-order valence-corrected chi connectivity index (χ2v) is 8.87. The Balaban J connectivity index is 1.45. The first-order chi connectivity index (χ1) is 17.2. The van der Waals surface area contributed by atoms with E-state index in [0.717, 1.165) is 24.5 Å². The summed E-state index contributed by atoms with van der Waals surface area (Å²) in [4.78, 5) is 20.1. The lowest BCUT2D eigenvalue weighted by Gasteiger charge is -2.36. The van der Waals surface area contributed by atoms with Gasteiger partial charge in [-0.3, -0.25) is 9.36 Å². The molecule has 1 saturated heterocycles. The Bertz CT molecular complexity index is 1420. The number of aromatic nitrogens is 2. The summed E-state index contributed by atoms with van der Waals surface area (Å²) in [5, 5.41) is 1.19. The van der Waals surface area contributed by atoms with Gasteiger partial charge in [-0.15, -0.1) is 13.2 Å². The van der Waals surface area contributed by atoms with Gasteiger partial charge in [0.1, 0.15) is 11.6 Å². The summed E-state index contributed by atoms with van der Waals surface area (Å²) in [5.74, 6) is 0.528. The second-order valence-electron chi connectivity index (χ2n) is 8.87. The topological polar surface area (TPSA) is 56.6 Å².